The standard InChI is InChI=1S/C30H31ClN2O5/c1-30(2,3)38-27(34)16-26(28(35)32-20-14-12-19(17-31)13-15-20)33-29(36)37-18-25-23-10-6-4-8-21(23)22-9-5-7-11-24(22)25/h4-15,25-26H,16-18H2,1-3H3,(H,32,35)(H,33,36). The number of ether oxygens (including phenoxy) is 2. The number of halogens is 1. The molecule has 0 heterocycles. The summed E-state index contributed by atoms with van der Waals surface area (Å²) < 4.78 is 11.0. The summed E-state index contributed by atoms with van der Waals surface area (Å²) in [6.45, 7) is 5.28. The van der Waals surface area contributed by atoms with Crippen LogP contribution in [-0.2, 0) is 24.9 Å². The van der Waals surface area contributed by atoms with E-state index in [4.69, 9.17) is 21.1 Å². The summed E-state index contributed by atoms with van der Waals surface area (Å²) in [5.74, 6) is -0.970. The van der Waals surface area contributed by atoms with Gasteiger partial charge in [-0.3, -0.25) is 9.59 Å². The normalized spacial score (nSPS) is 13.2. The molecule has 1 atom stereocenters. The molecule has 0 bridgehead atoms. The molecular weight excluding hydrogens is 504 g/mol. The van der Waals surface area contributed by atoms with E-state index in [1.807, 2.05) is 36.4 Å². The maximum atomic E-state index is 13.1. The highest BCUT2D eigenvalue weighted by molar-refractivity contribution is 6.17. The van der Waals surface area contributed by atoms with Gasteiger partial charge in [0.2, 0.25) is 5.91 Å². The summed E-state index contributed by atoms with van der Waals surface area (Å²) in [6, 6.07) is 21.8. The van der Waals surface area contributed by atoms with Crippen LogP contribution in [0.25, 0.3) is 11.1 Å². The van der Waals surface area contributed by atoms with Gasteiger partial charge >= 0.3 is 12.1 Å². The lowest BCUT2D eigenvalue weighted by atomic mass is 9.98. The van der Waals surface area contributed by atoms with Gasteiger partial charge in [0.05, 0.1) is 6.42 Å². The molecule has 0 saturated carbocycles. The van der Waals surface area contributed by atoms with Gasteiger partial charge in [-0.1, -0.05) is 60.7 Å². The van der Waals surface area contributed by atoms with Crippen molar-refractivity contribution in [2.75, 3.05) is 11.9 Å². The molecule has 1 aliphatic rings. The van der Waals surface area contributed by atoms with E-state index in [0.29, 0.717) is 11.6 Å². The quantitative estimate of drug-likeness (QED) is 0.273. The molecular formula is C30H31ClN2O5. The molecule has 2 N–H and O–H groups in total. The summed E-state index contributed by atoms with van der Waals surface area (Å²) >= 11 is 5.84. The third-order valence-electron chi connectivity index (χ3n) is 6.12. The van der Waals surface area contributed by atoms with E-state index in [0.717, 1.165) is 27.8 Å². The van der Waals surface area contributed by atoms with Gasteiger partial charge in [-0.05, 0) is 60.7 Å². The summed E-state index contributed by atoms with van der Waals surface area (Å²) in [5.41, 5.74) is 5.03. The summed E-state index contributed by atoms with van der Waals surface area (Å²) in [5, 5.41) is 5.28. The first-order valence-corrected chi connectivity index (χ1v) is 13.0. The second kappa shape index (κ2) is 11.7. The predicted octanol–water partition coefficient (Wildman–Crippen LogP) is 6.00. The van der Waals surface area contributed by atoms with Crippen molar-refractivity contribution in [1.29, 1.82) is 0 Å². The number of fused-ring (bicyclic) bond motifs is 3. The second-order valence-corrected chi connectivity index (χ2v) is 10.4. The minimum Gasteiger partial charge on any atom is -0.460 e. The Morgan fingerprint density at radius 3 is 2.03 bits per heavy atom. The molecule has 3 aromatic rings. The number of amides is 2. The summed E-state index contributed by atoms with van der Waals surface area (Å²) in [6.07, 6.45) is -1.15. The fourth-order valence-corrected chi connectivity index (χ4v) is 4.63. The van der Waals surface area contributed by atoms with Crippen LogP contribution in [0.4, 0.5) is 10.5 Å². The van der Waals surface area contributed by atoms with E-state index < -0.39 is 29.6 Å². The molecule has 0 radical (unpaired) electrons. The Labute approximate surface area is 227 Å². The van der Waals surface area contributed by atoms with E-state index >= 15 is 0 Å². The van der Waals surface area contributed by atoms with Gasteiger partial charge in [-0.25, -0.2) is 4.79 Å². The van der Waals surface area contributed by atoms with Crippen molar-refractivity contribution < 1.29 is 23.9 Å². The first kappa shape index (κ1) is 27.2. The molecule has 0 aromatic heterocycles. The number of carbonyl (C=O) groups excluding carboxylic acids is 3. The number of benzene rings is 3. The van der Waals surface area contributed by atoms with Crippen LogP contribution in [0.2, 0.25) is 0 Å². The number of hydrogen-bond acceptors (Lipinski definition) is 5. The van der Waals surface area contributed by atoms with Gasteiger partial charge in [0, 0.05) is 17.5 Å². The van der Waals surface area contributed by atoms with E-state index in [1.165, 1.54) is 0 Å². The molecule has 0 fully saturated rings. The Morgan fingerprint density at radius 1 is 0.895 bits per heavy atom. The maximum absolute atomic E-state index is 13.1. The van der Waals surface area contributed by atoms with Crippen LogP contribution < -0.4 is 10.6 Å². The summed E-state index contributed by atoms with van der Waals surface area (Å²) in [4.78, 5) is 38.5. The topological polar surface area (TPSA) is 93.7 Å². The highest BCUT2D eigenvalue weighted by atomic mass is 35.5. The minimum atomic E-state index is -1.20. The van der Waals surface area contributed by atoms with Gasteiger partial charge in [-0.15, -0.1) is 11.6 Å². The fraction of sp³-hybridized carbons (Fsp3) is 0.300. The van der Waals surface area contributed by atoms with Gasteiger partial charge in [0.15, 0.2) is 0 Å². The Balaban J connectivity index is 1.45. The smallest absolute Gasteiger partial charge is 0.407 e. The van der Waals surface area contributed by atoms with Crippen molar-refractivity contribution in [3.05, 3.63) is 89.5 Å². The van der Waals surface area contributed by atoms with Crippen LogP contribution in [0.1, 0.15) is 49.8 Å². The largest absolute Gasteiger partial charge is 0.460 e. The van der Waals surface area contributed by atoms with Crippen molar-refractivity contribution in [3.63, 3.8) is 0 Å². The molecule has 1 unspecified atom stereocenters. The van der Waals surface area contributed by atoms with E-state index in [1.54, 1.807) is 45.0 Å². The molecule has 198 valence electrons. The molecule has 4 rings (SSSR count). The lowest BCUT2D eigenvalue weighted by molar-refractivity contribution is -0.156. The van der Waals surface area contributed by atoms with Crippen LogP contribution in [0.15, 0.2) is 72.8 Å². The zero-order chi connectivity index (χ0) is 27.3. The van der Waals surface area contributed by atoms with E-state index in [2.05, 4.69) is 22.8 Å². The van der Waals surface area contributed by atoms with Crippen LogP contribution in [0.3, 0.4) is 0 Å². The number of alkyl carbamates (subject to hydrolysis) is 1. The number of nitrogens with one attached hydrogen (secondary N) is 2. The zero-order valence-corrected chi connectivity index (χ0v) is 22.4. The molecule has 1 aliphatic carbocycles. The SMILES string of the molecule is CC(C)(C)OC(=O)CC(NC(=O)OCC1c2ccccc2-c2ccccc21)C(=O)Nc1ccc(CCl)cc1. The average molecular weight is 535 g/mol. The third kappa shape index (κ3) is 6.72. The monoisotopic (exact) mass is 534 g/mol. The zero-order valence-electron chi connectivity index (χ0n) is 21.6. The van der Waals surface area contributed by atoms with Gasteiger partial charge < -0.3 is 20.1 Å². The van der Waals surface area contributed by atoms with Crippen molar-refractivity contribution in [2.45, 2.75) is 50.6 Å². The molecule has 0 saturated heterocycles. The van der Waals surface area contributed by atoms with Crippen molar-refractivity contribution in [3.8, 4) is 11.1 Å². The molecule has 7 nitrogen and oxygen atoms in total. The number of hydrogen-bond donors (Lipinski definition) is 2. The molecule has 3 aromatic carbocycles. The first-order chi connectivity index (χ1) is 18.1. The Morgan fingerprint density at radius 2 is 1.47 bits per heavy atom. The fourth-order valence-electron chi connectivity index (χ4n) is 4.45. The molecule has 38 heavy (non-hydrogen) atoms. The van der Waals surface area contributed by atoms with E-state index in [9.17, 15) is 14.4 Å². The summed E-state index contributed by atoms with van der Waals surface area (Å²) in [7, 11) is 0. The Kier molecular flexibility index (Phi) is 8.37. The van der Waals surface area contributed by atoms with Crippen LogP contribution in [-0.4, -0.2) is 36.2 Å². The third-order valence-corrected chi connectivity index (χ3v) is 6.43. The van der Waals surface area contributed by atoms with Crippen LogP contribution in [0, 0.1) is 0 Å². The number of anilines is 1. The highest BCUT2D eigenvalue weighted by Crippen LogP contribution is 2.44. The van der Waals surface area contributed by atoms with Crippen LogP contribution >= 0.6 is 11.6 Å². The molecule has 2 amide bonds. The Hall–Kier alpha value is -3.84. The second-order valence-electron chi connectivity index (χ2n) is 10.1. The number of alkyl halides is 1. The van der Waals surface area contributed by atoms with E-state index in [-0.39, 0.29) is 18.9 Å². The molecule has 0 aliphatic heterocycles. The van der Waals surface area contributed by atoms with Crippen molar-refractivity contribution in [1.82, 2.24) is 5.32 Å². The highest BCUT2D eigenvalue weighted by Gasteiger charge is 2.31. The molecule has 0 spiro atoms. The maximum Gasteiger partial charge on any atom is 0.407 e. The van der Waals surface area contributed by atoms with Gasteiger partial charge in [0.1, 0.15) is 18.2 Å². The van der Waals surface area contributed by atoms with Crippen molar-refractivity contribution in [2.24, 2.45) is 0 Å². The molecule has 8 heteroatoms. The van der Waals surface area contributed by atoms with Gasteiger partial charge in [-0.2, -0.15) is 0 Å². The lowest BCUT2D eigenvalue weighted by Gasteiger charge is -2.23. The number of rotatable bonds is 8. The minimum absolute atomic E-state index is 0.0839. The van der Waals surface area contributed by atoms with Gasteiger partial charge in [0.25, 0.3) is 0 Å². The Bertz CT molecular complexity index is 1270. The van der Waals surface area contributed by atoms with Crippen LogP contribution in [0.5, 0.6) is 0 Å². The average Bonchev–Trinajstić information content (AvgIpc) is 3.20. The predicted molar refractivity (Wildman–Crippen MR) is 147 cm³/mol. The van der Waals surface area contributed by atoms with Crippen molar-refractivity contribution >= 4 is 35.3 Å². The number of carbonyl (C=O) groups is 3. The number of esters is 1. The first-order valence-electron chi connectivity index (χ1n) is 12.4. The lowest BCUT2D eigenvalue weighted by Crippen LogP contribution is -2.46.